The predicted molar refractivity (Wildman–Crippen MR) is 81.4 cm³/mol. The molecule has 2 aromatic heterocycles. The van der Waals surface area contributed by atoms with Gasteiger partial charge in [0.15, 0.2) is 5.82 Å². The SMILES string of the molecule is CCC(=O)NCCn1nc(-c2cccs2)n(C2CC2)c1=O. The summed E-state index contributed by atoms with van der Waals surface area (Å²) >= 11 is 1.58. The van der Waals surface area contributed by atoms with Crippen LogP contribution in [0.25, 0.3) is 10.7 Å². The Labute approximate surface area is 126 Å². The molecule has 0 aliphatic heterocycles. The fourth-order valence-electron chi connectivity index (χ4n) is 2.23. The molecule has 0 saturated heterocycles. The first-order chi connectivity index (χ1) is 10.2. The smallest absolute Gasteiger partial charge is 0.346 e. The van der Waals surface area contributed by atoms with Crippen LogP contribution in [0.5, 0.6) is 0 Å². The first kappa shape index (κ1) is 14.1. The molecule has 0 spiro atoms. The lowest BCUT2D eigenvalue weighted by Gasteiger charge is -2.02. The van der Waals surface area contributed by atoms with Gasteiger partial charge in [-0.05, 0) is 24.3 Å². The number of aromatic nitrogens is 3. The number of hydrogen-bond donors (Lipinski definition) is 1. The molecule has 1 fully saturated rings. The largest absolute Gasteiger partial charge is 0.354 e. The maximum absolute atomic E-state index is 12.5. The summed E-state index contributed by atoms with van der Waals surface area (Å²) in [5, 5.41) is 9.22. The van der Waals surface area contributed by atoms with Crippen molar-refractivity contribution >= 4 is 17.2 Å². The lowest BCUT2D eigenvalue weighted by atomic mass is 10.4. The topological polar surface area (TPSA) is 68.9 Å². The van der Waals surface area contributed by atoms with E-state index in [1.54, 1.807) is 22.8 Å². The molecule has 21 heavy (non-hydrogen) atoms. The minimum Gasteiger partial charge on any atom is -0.354 e. The van der Waals surface area contributed by atoms with Crippen molar-refractivity contribution in [3.05, 3.63) is 28.0 Å². The van der Waals surface area contributed by atoms with Gasteiger partial charge in [-0.15, -0.1) is 16.4 Å². The molecule has 2 aromatic rings. The van der Waals surface area contributed by atoms with E-state index in [4.69, 9.17) is 0 Å². The van der Waals surface area contributed by atoms with E-state index in [9.17, 15) is 9.59 Å². The van der Waals surface area contributed by atoms with Gasteiger partial charge in [0.05, 0.1) is 11.4 Å². The summed E-state index contributed by atoms with van der Waals surface area (Å²) < 4.78 is 3.26. The van der Waals surface area contributed by atoms with E-state index in [1.807, 2.05) is 17.5 Å². The van der Waals surface area contributed by atoms with Gasteiger partial charge in [-0.1, -0.05) is 13.0 Å². The van der Waals surface area contributed by atoms with Crippen LogP contribution < -0.4 is 11.0 Å². The fraction of sp³-hybridized carbons (Fsp3) is 0.500. The first-order valence-electron chi connectivity index (χ1n) is 7.20. The number of nitrogens with one attached hydrogen (secondary N) is 1. The molecule has 0 bridgehead atoms. The summed E-state index contributed by atoms with van der Waals surface area (Å²) in [4.78, 5) is 24.7. The molecule has 0 radical (unpaired) electrons. The molecule has 1 saturated carbocycles. The Morgan fingerprint density at radius 3 is 2.95 bits per heavy atom. The molecule has 112 valence electrons. The summed E-state index contributed by atoms with van der Waals surface area (Å²) in [7, 11) is 0. The number of carbonyl (C=O) groups excluding carboxylic acids is 1. The highest BCUT2D eigenvalue weighted by Crippen LogP contribution is 2.37. The van der Waals surface area contributed by atoms with Gasteiger partial charge in [-0.25, -0.2) is 9.48 Å². The van der Waals surface area contributed by atoms with Crippen molar-refractivity contribution in [1.29, 1.82) is 0 Å². The van der Waals surface area contributed by atoms with Crippen molar-refractivity contribution in [2.24, 2.45) is 0 Å². The highest BCUT2D eigenvalue weighted by molar-refractivity contribution is 7.13. The number of rotatable bonds is 6. The maximum atomic E-state index is 12.5. The van der Waals surface area contributed by atoms with Crippen LogP contribution in [0, 0.1) is 0 Å². The van der Waals surface area contributed by atoms with E-state index in [0.717, 1.165) is 23.5 Å². The van der Waals surface area contributed by atoms with Gasteiger partial charge in [0.2, 0.25) is 5.91 Å². The Morgan fingerprint density at radius 2 is 2.33 bits per heavy atom. The van der Waals surface area contributed by atoms with Crippen molar-refractivity contribution in [2.75, 3.05) is 6.54 Å². The Balaban J connectivity index is 1.83. The molecule has 0 atom stereocenters. The molecule has 7 heteroatoms. The van der Waals surface area contributed by atoms with Gasteiger partial charge in [-0.2, -0.15) is 0 Å². The third kappa shape index (κ3) is 2.92. The lowest BCUT2D eigenvalue weighted by Crippen LogP contribution is -2.31. The molecule has 2 heterocycles. The van der Waals surface area contributed by atoms with Crippen LogP contribution in [0.1, 0.15) is 32.2 Å². The van der Waals surface area contributed by atoms with Crippen molar-refractivity contribution in [2.45, 2.75) is 38.8 Å². The standard InChI is InChI=1S/C14H18N4O2S/c1-2-12(19)15-7-8-17-14(20)18(10-5-6-10)13(16-17)11-4-3-9-21-11/h3-4,9-10H,2,5-8H2,1H3,(H,15,19). The van der Waals surface area contributed by atoms with Crippen molar-refractivity contribution in [3.8, 4) is 10.7 Å². The zero-order valence-electron chi connectivity index (χ0n) is 11.9. The molecule has 6 nitrogen and oxygen atoms in total. The number of amides is 1. The van der Waals surface area contributed by atoms with Crippen LogP contribution in [0.15, 0.2) is 22.3 Å². The highest BCUT2D eigenvalue weighted by atomic mass is 32.1. The monoisotopic (exact) mass is 306 g/mol. The number of hydrogen-bond acceptors (Lipinski definition) is 4. The van der Waals surface area contributed by atoms with Crippen LogP contribution in [0.3, 0.4) is 0 Å². The molecule has 0 aromatic carbocycles. The average molecular weight is 306 g/mol. The Kier molecular flexibility index (Phi) is 3.92. The Hall–Kier alpha value is -1.89. The van der Waals surface area contributed by atoms with E-state index in [1.165, 1.54) is 4.68 Å². The van der Waals surface area contributed by atoms with Crippen molar-refractivity contribution < 1.29 is 4.79 Å². The zero-order valence-corrected chi connectivity index (χ0v) is 12.7. The second-order valence-corrected chi connectivity index (χ2v) is 6.06. The van der Waals surface area contributed by atoms with E-state index in [0.29, 0.717) is 19.5 Å². The lowest BCUT2D eigenvalue weighted by molar-refractivity contribution is -0.120. The molecule has 1 aliphatic carbocycles. The fourth-order valence-corrected chi connectivity index (χ4v) is 2.93. The second kappa shape index (κ2) is 5.85. The normalized spacial score (nSPS) is 14.3. The summed E-state index contributed by atoms with van der Waals surface area (Å²) in [6, 6.07) is 4.23. The molecule has 1 aliphatic rings. The summed E-state index contributed by atoms with van der Waals surface area (Å²) in [6.07, 6.45) is 2.53. The number of carbonyl (C=O) groups is 1. The molecular formula is C14H18N4O2S. The van der Waals surface area contributed by atoms with Gasteiger partial charge < -0.3 is 5.32 Å². The van der Waals surface area contributed by atoms with Gasteiger partial charge >= 0.3 is 5.69 Å². The Bertz CT molecular complexity index is 682. The zero-order chi connectivity index (χ0) is 14.8. The second-order valence-electron chi connectivity index (χ2n) is 5.11. The molecule has 1 N–H and O–H groups in total. The van der Waals surface area contributed by atoms with Crippen molar-refractivity contribution in [3.63, 3.8) is 0 Å². The molecule has 3 rings (SSSR count). The predicted octanol–water partition coefficient (Wildman–Crippen LogP) is 1.63. The van der Waals surface area contributed by atoms with E-state index >= 15 is 0 Å². The molecular weight excluding hydrogens is 288 g/mol. The van der Waals surface area contributed by atoms with Gasteiger partial charge in [0.1, 0.15) is 0 Å². The average Bonchev–Trinajstić information content (AvgIpc) is 3.06. The number of nitrogens with zero attached hydrogens (tertiary/aromatic N) is 3. The van der Waals surface area contributed by atoms with Gasteiger partial charge in [0.25, 0.3) is 0 Å². The Morgan fingerprint density at radius 1 is 1.52 bits per heavy atom. The van der Waals surface area contributed by atoms with E-state index in [2.05, 4.69) is 10.4 Å². The molecule has 1 amide bonds. The summed E-state index contributed by atoms with van der Waals surface area (Å²) in [5.74, 6) is 0.738. The van der Waals surface area contributed by atoms with Crippen LogP contribution in [-0.4, -0.2) is 26.8 Å². The summed E-state index contributed by atoms with van der Waals surface area (Å²) in [6.45, 7) is 2.64. The first-order valence-corrected chi connectivity index (χ1v) is 8.08. The maximum Gasteiger partial charge on any atom is 0.346 e. The third-order valence-corrected chi connectivity index (χ3v) is 4.36. The van der Waals surface area contributed by atoms with E-state index in [-0.39, 0.29) is 17.6 Å². The molecule has 0 unspecified atom stereocenters. The van der Waals surface area contributed by atoms with Gasteiger partial charge in [-0.3, -0.25) is 9.36 Å². The minimum absolute atomic E-state index is 0.0110. The van der Waals surface area contributed by atoms with Gasteiger partial charge in [0, 0.05) is 19.0 Å². The number of thiophene rings is 1. The van der Waals surface area contributed by atoms with Crippen molar-refractivity contribution in [1.82, 2.24) is 19.7 Å². The van der Waals surface area contributed by atoms with Crippen LogP contribution >= 0.6 is 11.3 Å². The summed E-state index contributed by atoms with van der Waals surface area (Å²) in [5.41, 5.74) is -0.0772. The van der Waals surface area contributed by atoms with Crippen LogP contribution in [-0.2, 0) is 11.3 Å². The van der Waals surface area contributed by atoms with E-state index < -0.39 is 0 Å². The van der Waals surface area contributed by atoms with Crippen LogP contribution in [0.4, 0.5) is 0 Å². The third-order valence-electron chi connectivity index (χ3n) is 3.49. The minimum atomic E-state index is -0.0772. The van der Waals surface area contributed by atoms with Crippen LogP contribution in [0.2, 0.25) is 0 Å². The quantitative estimate of drug-likeness (QED) is 0.882. The highest BCUT2D eigenvalue weighted by Gasteiger charge is 2.30.